The second-order valence-electron chi connectivity index (χ2n) is 6.33. The molecule has 2 rings (SSSR count). The van der Waals surface area contributed by atoms with E-state index in [2.05, 4.69) is 4.98 Å². The van der Waals surface area contributed by atoms with Crippen molar-refractivity contribution in [3.8, 4) is 5.75 Å². The summed E-state index contributed by atoms with van der Waals surface area (Å²) in [6, 6.07) is 8.98. The lowest BCUT2D eigenvalue weighted by Gasteiger charge is -2.32. The van der Waals surface area contributed by atoms with Gasteiger partial charge in [-0.1, -0.05) is 32.0 Å². The number of carbonyl (C=O) groups excluding carboxylic acids is 1. The molecule has 0 aliphatic rings. The number of benzene rings is 1. The van der Waals surface area contributed by atoms with Crippen LogP contribution >= 0.6 is 0 Å². The van der Waals surface area contributed by atoms with E-state index in [1.807, 2.05) is 6.07 Å². The second kappa shape index (κ2) is 8.70. The van der Waals surface area contributed by atoms with E-state index in [9.17, 15) is 18.0 Å². The lowest BCUT2D eigenvalue weighted by Crippen LogP contribution is -2.34. The summed E-state index contributed by atoms with van der Waals surface area (Å²) in [6.07, 6.45) is 0.146. The van der Waals surface area contributed by atoms with Gasteiger partial charge in [0.25, 0.3) is 0 Å². The average molecular weight is 378 g/mol. The predicted octanol–water partition coefficient (Wildman–Crippen LogP) is 4.85. The fraction of sp³-hybridized carbons (Fsp3) is 0.300. The minimum absolute atomic E-state index is 0.0340. The molecule has 0 N–H and O–H groups in total. The molecule has 0 radical (unpaired) electrons. The maximum atomic E-state index is 13.4. The second-order valence-corrected chi connectivity index (χ2v) is 6.33. The van der Waals surface area contributed by atoms with Crippen molar-refractivity contribution < 1.29 is 22.7 Å². The van der Waals surface area contributed by atoms with E-state index in [0.29, 0.717) is 5.75 Å². The zero-order valence-electron chi connectivity index (χ0n) is 15.3. The van der Waals surface area contributed by atoms with Crippen LogP contribution < -0.4 is 4.74 Å². The summed E-state index contributed by atoms with van der Waals surface area (Å²) >= 11 is 0. The number of halogens is 3. The molecule has 0 bridgehead atoms. The van der Waals surface area contributed by atoms with Crippen LogP contribution in [0.25, 0.3) is 0 Å². The smallest absolute Gasteiger partial charge is 0.416 e. The van der Waals surface area contributed by atoms with Crippen molar-refractivity contribution in [2.24, 2.45) is 5.92 Å². The SMILES string of the molecule is CC(C)C(c1cnccc1C(F)(F)F)N(C)C(=O)C=COc1ccccc1. The highest BCUT2D eigenvalue weighted by Crippen LogP contribution is 2.38. The molecule has 7 heteroatoms. The summed E-state index contributed by atoms with van der Waals surface area (Å²) in [4.78, 5) is 17.6. The summed E-state index contributed by atoms with van der Waals surface area (Å²) in [7, 11) is 1.47. The monoisotopic (exact) mass is 378 g/mol. The first-order valence-corrected chi connectivity index (χ1v) is 8.38. The van der Waals surface area contributed by atoms with Crippen molar-refractivity contribution in [1.29, 1.82) is 0 Å². The number of amides is 1. The number of carbonyl (C=O) groups is 1. The van der Waals surface area contributed by atoms with Gasteiger partial charge in [0.05, 0.1) is 17.9 Å². The van der Waals surface area contributed by atoms with Crippen molar-refractivity contribution in [3.05, 3.63) is 72.3 Å². The maximum Gasteiger partial charge on any atom is 0.416 e. The molecule has 27 heavy (non-hydrogen) atoms. The zero-order chi connectivity index (χ0) is 20.0. The lowest BCUT2D eigenvalue weighted by atomic mass is 9.92. The van der Waals surface area contributed by atoms with Gasteiger partial charge < -0.3 is 9.64 Å². The van der Waals surface area contributed by atoms with Crippen molar-refractivity contribution in [2.45, 2.75) is 26.1 Å². The quantitative estimate of drug-likeness (QED) is 0.533. The Balaban J connectivity index is 2.23. The Hall–Kier alpha value is -2.83. The summed E-state index contributed by atoms with van der Waals surface area (Å²) < 4.78 is 45.4. The molecule has 0 fully saturated rings. The van der Waals surface area contributed by atoms with Crippen LogP contribution in [0.3, 0.4) is 0 Å². The van der Waals surface area contributed by atoms with Crippen molar-refractivity contribution in [3.63, 3.8) is 0 Å². The van der Waals surface area contributed by atoms with Crippen LogP contribution in [0, 0.1) is 5.92 Å². The van der Waals surface area contributed by atoms with E-state index >= 15 is 0 Å². The Morgan fingerprint density at radius 1 is 1.19 bits per heavy atom. The molecule has 0 spiro atoms. The molecule has 2 aromatic rings. The van der Waals surface area contributed by atoms with E-state index in [4.69, 9.17) is 4.74 Å². The first-order valence-electron chi connectivity index (χ1n) is 8.38. The van der Waals surface area contributed by atoms with Gasteiger partial charge in [0.1, 0.15) is 5.75 Å². The number of aromatic nitrogens is 1. The van der Waals surface area contributed by atoms with Crippen LogP contribution in [0.2, 0.25) is 0 Å². The number of hydrogen-bond donors (Lipinski definition) is 0. The Morgan fingerprint density at radius 2 is 1.85 bits per heavy atom. The van der Waals surface area contributed by atoms with Crippen LogP contribution in [0.15, 0.2) is 61.1 Å². The molecule has 1 aromatic heterocycles. The normalized spacial score (nSPS) is 13.0. The molecule has 1 heterocycles. The summed E-state index contributed by atoms with van der Waals surface area (Å²) in [5, 5.41) is 0. The van der Waals surface area contributed by atoms with Gasteiger partial charge in [-0.3, -0.25) is 9.78 Å². The number of nitrogens with zero attached hydrogens (tertiary/aromatic N) is 2. The topological polar surface area (TPSA) is 42.4 Å². The number of pyridine rings is 1. The Morgan fingerprint density at radius 3 is 2.44 bits per heavy atom. The highest BCUT2D eigenvalue weighted by Gasteiger charge is 2.37. The average Bonchev–Trinajstić information content (AvgIpc) is 2.62. The minimum Gasteiger partial charge on any atom is -0.465 e. The van der Waals surface area contributed by atoms with Crippen molar-refractivity contribution in [1.82, 2.24) is 9.88 Å². The number of hydrogen-bond acceptors (Lipinski definition) is 3. The molecule has 1 unspecified atom stereocenters. The summed E-state index contributed by atoms with van der Waals surface area (Å²) in [6.45, 7) is 3.51. The molecule has 0 aliphatic heterocycles. The highest BCUT2D eigenvalue weighted by atomic mass is 19.4. The van der Waals surface area contributed by atoms with Crippen LogP contribution in [0.5, 0.6) is 5.75 Å². The fourth-order valence-electron chi connectivity index (χ4n) is 2.84. The van der Waals surface area contributed by atoms with E-state index in [-0.39, 0.29) is 11.5 Å². The first kappa shape index (κ1) is 20.5. The lowest BCUT2D eigenvalue weighted by molar-refractivity contribution is -0.140. The van der Waals surface area contributed by atoms with Gasteiger partial charge in [-0.2, -0.15) is 13.2 Å². The Kier molecular flexibility index (Phi) is 6.60. The molecule has 144 valence electrons. The molecule has 4 nitrogen and oxygen atoms in total. The van der Waals surface area contributed by atoms with Crippen LogP contribution in [0.1, 0.15) is 31.0 Å². The molecule has 0 saturated heterocycles. The molecular weight excluding hydrogens is 357 g/mol. The van der Waals surface area contributed by atoms with Gasteiger partial charge in [0.2, 0.25) is 5.91 Å². The Bertz CT molecular complexity index is 789. The predicted molar refractivity (Wildman–Crippen MR) is 95.8 cm³/mol. The third-order valence-corrected chi connectivity index (χ3v) is 4.03. The van der Waals surface area contributed by atoms with Gasteiger partial charge in [0.15, 0.2) is 0 Å². The fourth-order valence-corrected chi connectivity index (χ4v) is 2.84. The third kappa shape index (κ3) is 5.32. The van der Waals surface area contributed by atoms with Crippen LogP contribution in [-0.2, 0) is 11.0 Å². The number of para-hydroxylation sites is 1. The van der Waals surface area contributed by atoms with Crippen molar-refractivity contribution in [2.75, 3.05) is 7.05 Å². The number of rotatable bonds is 6. The highest BCUT2D eigenvalue weighted by molar-refractivity contribution is 5.87. The van der Waals surface area contributed by atoms with E-state index in [1.54, 1.807) is 38.1 Å². The minimum atomic E-state index is -4.53. The number of alkyl halides is 3. The van der Waals surface area contributed by atoms with E-state index in [1.165, 1.54) is 30.5 Å². The zero-order valence-corrected chi connectivity index (χ0v) is 15.3. The van der Waals surface area contributed by atoms with Crippen LogP contribution in [-0.4, -0.2) is 22.8 Å². The largest absolute Gasteiger partial charge is 0.465 e. The standard InChI is InChI=1S/C20H21F3N2O2/c1-14(2)19(16-13-24-11-9-17(16)20(21,22)23)25(3)18(26)10-12-27-15-7-5-4-6-8-15/h4-14,19H,1-3H3. The van der Waals surface area contributed by atoms with Gasteiger partial charge in [-0.15, -0.1) is 0 Å². The number of ether oxygens (including phenoxy) is 1. The molecule has 1 aromatic carbocycles. The summed E-state index contributed by atoms with van der Waals surface area (Å²) in [5.41, 5.74) is -0.825. The van der Waals surface area contributed by atoms with E-state index < -0.39 is 23.7 Å². The molecule has 0 aliphatic carbocycles. The van der Waals surface area contributed by atoms with Gasteiger partial charge in [-0.25, -0.2) is 0 Å². The molecule has 1 atom stereocenters. The summed E-state index contributed by atoms with van der Waals surface area (Å²) in [5.74, 6) is -0.175. The maximum absolute atomic E-state index is 13.4. The molecule has 1 amide bonds. The molecular formula is C20H21F3N2O2. The Labute approximate surface area is 156 Å². The van der Waals surface area contributed by atoms with Gasteiger partial charge in [-0.05, 0) is 24.1 Å². The third-order valence-electron chi connectivity index (χ3n) is 4.03. The van der Waals surface area contributed by atoms with Gasteiger partial charge in [0, 0.05) is 31.1 Å². The molecule has 0 saturated carbocycles. The van der Waals surface area contributed by atoms with Crippen molar-refractivity contribution >= 4 is 5.91 Å². The number of likely N-dealkylation sites (N-methyl/N-ethyl adjacent to an activating group) is 1. The van der Waals surface area contributed by atoms with Crippen LogP contribution in [0.4, 0.5) is 13.2 Å². The van der Waals surface area contributed by atoms with E-state index in [0.717, 1.165) is 12.3 Å². The van der Waals surface area contributed by atoms with Gasteiger partial charge >= 0.3 is 6.18 Å². The first-order chi connectivity index (χ1) is 12.7.